The first-order valence-corrected chi connectivity index (χ1v) is 15.8. The Balaban J connectivity index is 1.64. The van der Waals surface area contributed by atoms with Crippen LogP contribution in [0.2, 0.25) is 10.0 Å². The first-order valence-electron chi connectivity index (χ1n) is 14.0. The number of nitrogens with zero attached hydrogens (tertiary/aromatic N) is 1. The Hall–Kier alpha value is -2.75. The van der Waals surface area contributed by atoms with Crippen LogP contribution in [0.1, 0.15) is 61.6 Å². The molecule has 2 aliphatic rings. The van der Waals surface area contributed by atoms with E-state index >= 15 is 0 Å². The van der Waals surface area contributed by atoms with E-state index in [0.717, 1.165) is 29.5 Å². The van der Waals surface area contributed by atoms with E-state index in [1.54, 1.807) is 29.4 Å². The molecule has 0 radical (unpaired) electrons. The summed E-state index contributed by atoms with van der Waals surface area (Å²) in [5.41, 5.74) is 0.527. The lowest BCUT2D eigenvalue weighted by Gasteiger charge is -2.49. The van der Waals surface area contributed by atoms with Gasteiger partial charge in [-0.05, 0) is 72.6 Å². The Labute approximate surface area is 258 Å². The number of carbonyl (C=O) groups excluding carboxylic acids is 1. The molecule has 1 aliphatic carbocycles. The molecule has 3 aromatic carbocycles. The second-order valence-electron chi connectivity index (χ2n) is 11.7. The van der Waals surface area contributed by atoms with Crippen molar-refractivity contribution in [3.05, 3.63) is 106 Å². The number of nitrogens with one attached hydrogen (secondary N) is 1. The van der Waals surface area contributed by atoms with Gasteiger partial charge in [-0.2, -0.15) is 4.31 Å². The molecule has 1 saturated heterocycles. The molecule has 1 saturated carbocycles. The molecular formula is C32H34Cl2N2O5S. The van der Waals surface area contributed by atoms with Crippen molar-refractivity contribution in [3.8, 4) is 0 Å². The lowest BCUT2D eigenvalue weighted by molar-refractivity contribution is -0.147. The Morgan fingerprint density at radius 1 is 1.05 bits per heavy atom. The average molecular weight is 630 g/mol. The monoisotopic (exact) mass is 628 g/mol. The third-order valence-corrected chi connectivity index (χ3v) is 10.1. The van der Waals surface area contributed by atoms with Crippen molar-refractivity contribution in [1.82, 2.24) is 9.62 Å². The van der Waals surface area contributed by atoms with Crippen LogP contribution in [0.15, 0.2) is 78.9 Å². The maximum absolute atomic E-state index is 13.6. The number of carbonyl (C=O) groups is 2. The smallest absolute Gasteiger partial charge is 0.304 e. The number of amides is 1. The van der Waals surface area contributed by atoms with Crippen LogP contribution < -0.4 is 5.32 Å². The maximum atomic E-state index is 13.6. The quantitative estimate of drug-likeness (QED) is 0.203. The SMILES string of the molecule is C[C@@]1(CC(=O)O)C[C@H](c2cccc(Cl)c2)[C@H](C[C@@](c2ccc(Cl)cc2)(C2CC2)N(Cc2ccccc2)S(=O)O)NC1=O. The summed E-state index contributed by atoms with van der Waals surface area (Å²) in [4.78, 5) is 25.4. The summed E-state index contributed by atoms with van der Waals surface area (Å²) in [6, 6.07) is 23.9. The van der Waals surface area contributed by atoms with Crippen LogP contribution >= 0.6 is 23.2 Å². The molecule has 7 nitrogen and oxygen atoms in total. The zero-order chi connectivity index (χ0) is 30.1. The van der Waals surface area contributed by atoms with E-state index in [9.17, 15) is 23.5 Å². The first-order chi connectivity index (χ1) is 20.0. The van der Waals surface area contributed by atoms with Crippen LogP contribution in [-0.4, -0.2) is 36.1 Å². The molecule has 5 rings (SSSR count). The summed E-state index contributed by atoms with van der Waals surface area (Å²) < 4.78 is 25.8. The van der Waals surface area contributed by atoms with Crippen LogP contribution in [0, 0.1) is 11.3 Å². The Morgan fingerprint density at radius 3 is 2.33 bits per heavy atom. The van der Waals surface area contributed by atoms with Crippen molar-refractivity contribution >= 4 is 46.3 Å². The molecule has 1 heterocycles. The summed E-state index contributed by atoms with van der Waals surface area (Å²) in [7, 11) is 0. The number of halogens is 2. The zero-order valence-corrected chi connectivity index (χ0v) is 25.5. The molecule has 0 spiro atoms. The van der Waals surface area contributed by atoms with Gasteiger partial charge in [0.1, 0.15) is 0 Å². The molecule has 0 aromatic heterocycles. The van der Waals surface area contributed by atoms with Crippen molar-refractivity contribution in [2.24, 2.45) is 11.3 Å². The summed E-state index contributed by atoms with van der Waals surface area (Å²) in [6.07, 6.45) is 2.01. The van der Waals surface area contributed by atoms with E-state index in [1.165, 1.54) is 0 Å². The van der Waals surface area contributed by atoms with E-state index < -0.39 is 34.2 Å². The van der Waals surface area contributed by atoms with Gasteiger partial charge in [0.15, 0.2) is 0 Å². The minimum absolute atomic E-state index is 0.0442. The van der Waals surface area contributed by atoms with Gasteiger partial charge in [0.25, 0.3) is 0 Å². The topological polar surface area (TPSA) is 107 Å². The molecule has 3 aromatic rings. The van der Waals surface area contributed by atoms with Crippen LogP contribution in [0.5, 0.6) is 0 Å². The second-order valence-corrected chi connectivity index (χ2v) is 13.5. The van der Waals surface area contributed by atoms with Gasteiger partial charge >= 0.3 is 5.97 Å². The number of hydrogen-bond acceptors (Lipinski definition) is 3. The second kappa shape index (κ2) is 12.5. The van der Waals surface area contributed by atoms with Crippen LogP contribution in [0.4, 0.5) is 0 Å². The minimum atomic E-state index is -2.37. The highest BCUT2D eigenvalue weighted by Crippen LogP contribution is 2.55. The largest absolute Gasteiger partial charge is 0.481 e. The fourth-order valence-electron chi connectivity index (χ4n) is 6.62. The highest BCUT2D eigenvalue weighted by molar-refractivity contribution is 7.76. The molecule has 5 atom stereocenters. The lowest BCUT2D eigenvalue weighted by Crippen LogP contribution is -2.58. The number of hydrogen-bond donors (Lipinski definition) is 3. The predicted molar refractivity (Wildman–Crippen MR) is 164 cm³/mol. The van der Waals surface area contributed by atoms with E-state index in [0.29, 0.717) is 22.9 Å². The molecule has 10 heteroatoms. The first kappa shape index (κ1) is 30.7. The molecule has 1 unspecified atom stereocenters. The van der Waals surface area contributed by atoms with E-state index in [4.69, 9.17) is 23.2 Å². The molecule has 1 aliphatic heterocycles. The van der Waals surface area contributed by atoms with Gasteiger partial charge < -0.3 is 10.4 Å². The van der Waals surface area contributed by atoms with E-state index in [2.05, 4.69) is 5.32 Å². The van der Waals surface area contributed by atoms with Crippen LogP contribution in [0.3, 0.4) is 0 Å². The van der Waals surface area contributed by atoms with Crippen molar-refractivity contribution in [1.29, 1.82) is 0 Å². The Bertz CT molecular complexity index is 1470. The van der Waals surface area contributed by atoms with Crippen molar-refractivity contribution in [3.63, 3.8) is 0 Å². The van der Waals surface area contributed by atoms with Crippen LogP contribution in [0.25, 0.3) is 0 Å². The lowest BCUT2D eigenvalue weighted by atomic mass is 9.66. The van der Waals surface area contributed by atoms with Gasteiger partial charge in [-0.1, -0.05) is 84.7 Å². The Morgan fingerprint density at radius 2 is 1.74 bits per heavy atom. The predicted octanol–water partition coefficient (Wildman–Crippen LogP) is 6.78. The normalized spacial score (nSPS) is 24.5. The van der Waals surface area contributed by atoms with E-state index in [-0.39, 0.29) is 30.7 Å². The number of benzene rings is 3. The number of aliphatic carboxylic acids is 1. The van der Waals surface area contributed by atoms with E-state index in [1.807, 2.05) is 60.7 Å². The average Bonchev–Trinajstić information content (AvgIpc) is 3.79. The summed E-state index contributed by atoms with van der Waals surface area (Å²) in [6.45, 7) is 1.89. The fraction of sp³-hybridized carbons (Fsp3) is 0.375. The third-order valence-electron chi connectivity index (χ3n) is 8.77. The summed E-state index contributed by atoms with van der Waals surface area (Å²) in [5, 5.41) is 13.9. The van der Waals surface area contributed by atoms with Gasteiger partial charge in [0, 0.05) is 28.5 Å². The zero-order valence-electron chi connectivity index (χ0n) is 23.2. The number of carboxylic acid groups (broad SMARTS) is 1. The molecule has 2 fully saturated rings. The molecule has 42 heavy (non-hydrogen) atoms. The van der Waals surface area contributed by atoms with Gasteiger partial charge in [0.2, 0.25) is 17.2 Å². The standard InChI is InChI=1S/C32H34Cl2N2O5S/c1-31(19-29(37)38)17-27(22-8-5-9-26(34)16-22)28(35-30(31)39)18-32(23-10-11-23,24-12-14-25(33)15-13-24)36(42(40)41)20-21-6-3-2-4-7-21/h2-9,12-16,23,27-28H,10-11,17-20H2,1H3,(H,35,39)(H,37,38)(H,40,41)/t27-,28+,31+,32+/m1/s1. The van der Waals surface area contributed by atoms with Crippen molar-refractivity contribution < 1.29 is 23.5 Å². The fourth-order valence-corrected chi connectivity index (χ4v) is 7.81. The number of piperidine rings is 1. The summed E-state index contributed by atoms with van der Waals surface area (Å²) >= 11 is 10.3. The third kappa shape index (κ3) is 6.43. The molecule has 0 bridgehead atoms. The van der Waals surface area contributed by atoms with Crippen molar-refractivity contribution in [2.45, 2.75) is 63.1 Å². The molecule has 1 amide bonds. The molecule has 222 valence electrons. The molecule has 3 N–H and O–H groups in total. The minimum Gasteiger partial charge on any atom is -0.481 e. The number of carboxylic acids is 1. The maximum Gasteiger partial charge on any atom is 0.304 e. The van der Waals surface area contributed by atoms with Gasteiger partial charge in [-0.15, -0.1) is 0 Å². The van der Waals surface area contributed by atoms with Gasteiger partial charge in [-0.3, -0.25) is 14.1 Å². The van der Waals surface area contributed by atoms with Crippen molar-refractivity contribution in [2.75, 3.05) is 0 Å². The van der Waals surface area contributed by atoms with Gasteiger partial charge in [-0.25, -0.2) is 4.21 Å². The summed E-state index contributed by atoms with van der Waals surface area (Å²) in [5.74, 6) is -1.63. The highest BCUT2D eigenvalue weighted by atomic mass is 35.5. The molecular weight excluding hydrogens is 595 g/mol. The van der Waals surface area contributed by atoms with Crippen LogP contribution in [-0.2, 0) is 32.9 Å². The number of rotatable bonds is 11. The Kier molecular flexibility index (Phi) is 9.11. The highest BCUT2D eigenvalue weighted by Gasteiger charge is 2.56. The van der Waals surface area contributed by atoms with Gasteiger partial charge in [0.05, 0.1) is 17.4 Å².